The first-order chi connectivity index (χ1) is 10.6. The van der Waals surface area contributed by atoms with Crippen LogP contribution in [0.1, 0.15) is 96.8 Å². The summed E-state index contributed by atoms with van der Waals surface area (Å²) >= 11 is 0. The number of unbranched alkanes of at least 4 members (excludes halogenated alkanes) is 9. The van der Waals surface area contributed by atoms with Gasteiger partial charge in [0.15, 0.2) is 11.6 Å². The zero-order valence-electron chi connectivity index (χ0n) is 14.1. The van der Waals surface area contributed by atoms with Crippen molar-refractivity contribution in [2.24, 2.45) is 0 Å². The smallest absolute Gasteiger partial charge is 0.303 e. The molecule has 22 heavy (non-hydrogen) atoms. The average Bonchev–Trinajstić information content (AvgIpc) is 2.48. The van der Waals surface area contributed by atoms with Gasteiger partial charge < -0.3 is 5.11 Å². The van der Waals surface area contributed by atoms with Crippen LogP contribution in [0.15, 0.2) is 0 Å². The molecule has 0 saturated carbocycles. The minimum Gasteiger partial charge on any atom is -0.481 e. The van der Waals surface area contributed by atoms with Gasteiger partial charge in [-0.05, 0) is 19.3 Å². The lowest BCUT2D eigenvalue weighted by atomic mass is 10.0. The molecule has 0 radical (unpaired) electrons. The predicted molar refractivity (Wildman–Crippen MR) is 88.0 cm³/mol. The fourth-order valence-electron chi connectivity index (χ4n) is 2.44. The van der Waals surface area contributed by atoms with Crippen LogP contribution in [-0.2, 0) is 14.4 Å². The second-order valence-corrected chi connectivity index (χ2v) is 6.03. The first-order valence-corrected chi connectivity index (χ1v) is 8.85. The van der Waals surface area contributed by atoms with Gasteiger partial charge in [-0.1, -0.05) is 58.3 Å². The molecular weight excluding hydrogens is 280 g/mol. The largest absolute Gasteiger partial charge is 0.481 e. The number of carbonyl (C=O) groups is 3. The number of rotatable bonds is 16. The second kappa shape index (κ2) is 14.7. The van der Waals surface area contributed by atoms with E-state index >= 15 is 0 Å². The van der Waals surface area contributed by atoms with Gasteiger partial charge in [0.1, 0.15) is 0 Å². The molecule has 0 bridgehead atoms. The van der Waals surface area contributed by atoms with Crippen LogP contribution in [-0.4, -0.2) is 22.6 Å². The third kappa shape index (κ3) is 13.8. The van der Waals surface area contributed by atoms with Crippen molar-refractivity contribution in [1.29, 1.82) is 0 Å². The van der Waals surface area contributed by atoms with E-state index in [1.54, 1.807) is 0 Å². The zero-order valence-corrected chi connectivity index (χ0v) is 14.1. The van der Waals surface area contributed by atoms with E-state index in [1.165, 1.54) is 32.1 Å². The molecule has 0 spiro atoms. The van der Waals surface area contributed by atoms with Crippen molar-refractivity contribution in [3.63, 3.8) is 0 Å². The van der Waals surface area contributed by atoms with Gasteiger partial charge in [0.25, 0.3) is 0 Å². The summed E-state index contributed by atoms with van der Waals surface area (Å²) in [6.07, 6.45) is 12.1. The molecule has 0 aromatic carbocycles. The Morgan fingerprint density at radius 3 is 1.41 bits per heavy atom. The summed E-state index contributed by atoms with van der Waals surface area (Å²) < 4.78 is 0. The molecule has 128 valence electrons. The zero-order chi connectivity index (χ0) is 16.6. The summed E-state index contributed by atoms with van der Waals surface area (Å²) in [5.41, 5.74) is 0. The van der Waals surface area contributed by atoms with Crippen LogP contribution in [0.2, 0.25) is 0 Å². The number of aliphatic carboxylic acids is 1. The number of carboxylic acids is 1. The van der Waals surface area contributed by atoms with E-state index in [0.29, 0.717) is 25.7 Å². The normalized spacial score (nSPS) is 10.6. The molecule has 0 fully saturated rings. The number of ketones is 2. The Hall–Kier alpha value is -1.19. The third-order valence-corrected chi connectivity index (χ3v) is 3.86. The van der Waals surface area contributed by atoms with E-state index < -0.39 is 5.97 Å². The van der Waals surface area contributed by atoms with E-state index in [4.69, 9.17) is 5.11 Å². The van der Waals surface area contributed by atoms with Crippen molar-refractivity contribution in [3.05, 3.63) is 0 Å². The molecular formula is C18H32O4. The molecule has 0 aliphatic heterocycles. The molecule has 0 aliphatic rings. The SMILES string of the molecule is CCCCCCCCCCC(=O)C(=O)CCCCCC(=O)O. The molecule has 0 heterocycles. The Balaban J connectivity index is 3.42. The number of Topliss-reactive ketones (excluding diaryl/α,β-unsaturated/α-hetero) is 2. The fraction of sp³-hybridized carbons (Fsp3) is 0.833. The number of hydrogen-bond donors (Lipinski definition) is 1. The third-order valence-electron chi connectivity index (χ3n) is 3.86. The van der Waals surface area contributed by atoms with Gasteiger partial charge in [0, 0.05) is 19.3 Å². The van der Waals surface area contributed by atoms with Crippen molar-refractivity contribution < 1.29 is 19.5 Å². The second-order valence-electron chi connectivity index (χ2n) is 6.03. The van der Waals surface area contributed by atoms with Crippen molar-refractivity contribution in [2.45, 2.75) is 96.8 Å². The summed E-state index contributed by atoms with van der Waals surface area (Å²) in [5.74, 6) is -1.33. The minimum absolute atomic E-state index is 0.139. The van der Waals surface area contributed by atoms with Crippen LogP contribution in [0.3, 0.4) is 0 Å². The number of carboxylic acid groups (broad SMARTS) is 1. The molecule has 0 aromatic heterocycles. The molecule has 0 saturated heterocycles. The maximum atomic E-state index is 11.6. The lowest BCUT2D eigenvalue weighted by Gasteiger charge is -2.02. The molecule has 4 heteroatoms. The van der Waals surface area contributed by atoms with E-state index in [0.717, 1.165) is 19.3 Å². The highest BCUT2D eigenvalue weighted by Crippen LogP contribution is 2.11. The maximum absolute atomic E-state index is 11.6. The highest BCUT2D eigenvalue weighted by molar-refractivity contribution is 6.37. The molecule has 0 atom stereocenters. The first kappa shape index (κ1) is 20.8. The van der Waals surface area contributed by atoms with Crippen LogP contribution in [0.25, 0.3) is 0 Å². The van der Waals surface area contributed by atoms with Crippen molar-refractivity contribution in [1.82, 2.24) is 0 Å². The molecule has 0 amide bonds. The summed E-state index contributed by atoms with van der Waals surface area (Å²) in [6, 6.07) is 0. The van der Waals surface area contributed by atoms with Gasteiger partial charge in [-0.3, -0.25) is 14.4 Å². The van der Waals surface area contributed by atoms with Crippen LogP contribution in [0.4, 0.5) is 0 Å². The van der Waals surface area contributed by atoms with Gasteiger partial charge in [-0.2, -0.15) is 0 Å². The highest BCUT2D eigenvalue weighted by atomic mass is 16.4. The summed E-state index contributed by atoms with van der Waals surface area (Å²) in [6.45, 7) is 2.20. The van der Waals surface area contributed by atoms with Crippen LogP contribution in [0, 0.1) is 0 Å². The summed E-state index contributed by atoms with van der Waals surface area (Å²) in [4.78, 5) is 33.6. The van der Waals surface area contributed by atoms with E-state index in [9.17, 15) is 14.4 Å². The van der Waals surface area contributed by atoms with Gasteiger partial charge in [0.05, 0.1) is 0 Å². The Morgan fingerprint density at radius 2 is 0.955 bits per heavy atom. The monoisotopic (exact) mass is 312 g/mol. The Kier molecular flexibility index (Phi) is 13.9. The Morgan fingerprint density at radius 1 is 0.591 bits per heavy atom. The number of hydrogen-bond acceptors (Lipinski definition) is 3. The van der Waals surface area contributed by atoms with E-state index in [-0.39, 0.29) is 24.4 Å². The molecule has 0 rings (SSSR count). The van der Waals surface area contributed by atoms with Gasteiger partial charge >= 0.3 is 5.97 Å². The van der Waals surface area contributed by atoms with Crippen molar-refractivity contribution in [2.75, 3.05) is 0 Å². The lowest BCUT2D eigenvalue weighted by Crippen LogP contribution is -2.13. The molecule has 0 aliphatic carbocycles. The van der Waals surface area contributed by atoms with E-state index in [1.807, 2.05) is 0 Å². The number of carbonyl (C=O) groups excluding carboxylic acids is 2. The predicted octanol–water partition coefficient (Wildman–Crippen LogP) is 4.69. The lowest BCUT2D eigenvalue weighted by molar-refractivity contribution is -0.137. The van der Waals surface area contributed by atoms with Gasteiger partial charge in [-0.25, -0.2) is 0 Å². The van der Waals surface area contributed by atoms with Gasteiger partial charge in [-0.15, -0.1) is 0 Å². The topological polar surface area (TPSA) is 71.4 Å². The molecule has 1 N–H and O–H groups in total. The molecule has 0 aromatic rings. The van der Waals surface area contributed by atoms with Crippen molar-refractivity contribution >= 4 is 17.5 Å². The molecule has 4 nitrogen and oxygen atoms in total. The Bertz CT molecular complexity index is 323. The van der Waals surface area contributed by atoms with Crippen LogP contribution >= 0.6 is 0 Å². The maximum Gasteiger partial charge on any atom is 0.303 e. The summed E-state index contributed by atoms with van der Waals surface area (Å²) in [7, 11) is 0. The van der Waals surface area contributed by atoms with Crippen LogP contribution < -0.4 is 0 Å². The highest BCUT2D eigenvalue weighted by Gasteiger charge is 2.12. The minimum atomic E-state index is -0.808. The quantitative estimate of drug-likeness (QED) is 0.331. The summed E-state index contributed by atoms with van der Waals surface area (Å²) in [5, 5.41) is 8.49. The van der Waals surface area contributed by atoms with E-state index in [2.05, 4.69) is 6.92 Å². The Labute approximate surface area is 134 Å². The first-order valence-electron chi connectivity index (χ1n) is 8.85. The average molecular weight is 312 g/mol. The molecule has 0 unspecified atom stereocenters. The fourth-order valence-corrected chi connectivity index (χ4v) is 2.44. The standard InChI is InChI=1S/C18H32O4/c1-2-3-4-5-6-7-8-10-13-16(19)17(20)14-11-9-12-15-18(21)22/h2-15H2,1H3,(H,21,22). The van der Waals surface area contributed by atoms with Crippen molar-refractivity contribution in [3.8, 4) is 0 Å². The van der Waals surface area contributed by atoms with Crippen LogP contribution in [0.5, 0.6) is 0 Å². The van der Waals surface area contributed by atoms with Gasteiger partial charge in [0.2, 0.25) is 0 Å².